The van der Waals surface area contributed by atoms with Gasteiger partial charge in [0.05, 0.1) is 0 Å². The molecule has 154 valence electrons. The fourth-order valence-electron chi connectivity index (χ4n) is 0.730. The van der Waals surface area contributed by atoms with Crippen LogP contribution in [0.15, 0.2) is 12.2 Å². The summed E-state index contributed by atoms with van der Waals surface area (Å²) in [6, 6.07) is 0. The van der Waals surface area contributed by atoms with Crippen LogP contribution in [-0.2, 0) is 4.79 Å². The van der Waals surface area contributed by atoms with Crippen molar-refractivity contribution < 1.29 is 68.8 Å². The second-order valence-corrected chi connectivity index (χ2v) is 3.18. The predicted octanol–water partition coefficient (Wildman–Crippen LogP) is 8.45. The van der Waals surface area contributed by atoms with Gasteiger partial charge in [-0.05, 0) is 31.9 Å². The molecule has 2 heteroatoms. The van der Waals surface area contributed by atoms with Gasteiger partial charge in [-0.1, -0.05) is 108 Å². The number of carboxylic acids is 1. The van der Waals surface area contributed by atoms with Gasteiger partial charge in [0.25, 0.3) is 0 Å². The van der Waals surface area contributed by atoms with Crippen LogP contribution in [0.2, 0.25) is 0 Å². The molecule has 1 N–H and O–H groups in total. The maximum Gasteiger partial charge on any atom is 0.303 e. The minimum absolute atomic E-state index is 0.545. The van der Waals surface area contributed by atoms with Crippen LogP contribution in [0.3, 0.4) is 0 Å². The molecule has 0 bridgehead atoms. The number of aliphatic carboxylic acids is 1. The Morgan fingerprint density at radius 2 is 1.08 bits per heavy atom. The van der Waals surface area contributed by atoms with Crippen LogP contribution in [0, 0.1) is 0 Å². The number of carboxylic acid groups (broad SMARTS) is 1. The first kappa shape index (κ1) is 3.27. The van der Waals surface area contributed by atoms with E-state index in [1.165, 1.54) is 0 Å². The van der Waals surface area contributed by atoms with Crippen LogP contribution >= 0.6 is 0 Å². The maximum absolute atomic E-state index is 11.4. The summed E-state index contributed by atoms with van der Waals surface area (Å²) in [4.78, 5) is 11.4. The zero-order valence-corrected chi connectivity index (χ0v) is 13.0. The monoisotopic (exact) mass is 410 g/mol. The molecule has 0 aliphatic heterocycles. The largest absolute Gasteiger partial charge is 0.481 e. The van der Waals surface area contributed by atoms with E-state index >= 15 is 0 Å². The average Bonchev–Trinajstić information content (AvgIpc) is 3.11. The third-order valence-electron chi connectivity index (χ3n) is 1.50. The first-order chi connectivity index (χ1) is 28.9. The lowest BCUT2D eigenvalue weighted by atomic mass is 10.0. The highest BCUT2D eigenvalue weighted by atomic mass is 16.4. The van der Waals surface area contributed by atoms with Crippen molar-refractivity contribution in [2.45, 2.75) is 134 Å². The second-order valence-electron chi connectivity index (χ2n) is 3.18. The fourth-order valence-corrected chi connectivity index (χ4v) is 0.730. The molecular weight excluding hydrogens is 320 g/mol. The highest BCUT2D eigenvalue weighted by Gasteiger charge is 1.97. The van der Waals surface area contributed by atoms with Crippen molar-refractivity contribution in [3.8, 4) is 0 Å². The van der Waals surface area contributed by atoms with Crippen molar-refractivity contribution in [2.75, 3.05) is 0 Å². The van der Waals surface area contributed by atoms with Gasteiger partial charge in [0.1, 0.15) is 0 Å². The molecule has 0 spiro atoms. The lowest BCUT2D eigenvalue weighted by molar-refractivity contribution is -0.137. The van der Waals surface area contributed by atoms with E-state index in [2.05, 4.69) is 0 Å². The van der Waals surface area contributed by atoms with Crippen molar-refractivity contribution in [1.82, 2.24) is 0 Å². The van der Waals surface area contributed by atoms with Gasteiger partial charge in [0.15, 0.2) is 0 Å². The lowest BCUT2D eigenvalue weighted by Gasteiger charge is -2.02. The summed E-state index contributed by atoms with van der Waals surface area (Å²) >= 11 is 0. The minimum Gasteiger partial charge on any atom is -0.481 e. The Labute approximate surface area is 224 Å². The van der Waals surface area contributed by atoms with Crippen molar-refractivity contribution in [1.29, 1.82) is 0 Å². The van der Waals surface area contributed by atoms with Crippen LogP contribution in [-0.4, -0.2) is 11.1 Å². The summed E-state index contributed by atoms with van der Waals surface area (Å²) in [5.74, 6) is -2.83. The Balaban J connectivity index is 7.77. The number of carbonyl (C=O) groups is 1. The first-order valence-corrected chi connectivity index (χ1v) is 6.34. The van der Waals surface area contributed by atoms with E-state index in [1.807, 2.05) is 0 Å². The van der Waals surface area contributed by atoms with Gasteiger partial charge < -0.3 is 5.11 Å². The topological polar surface area (TPSA) is 37.3 Å². The Morgan fingerprint density at radius 3 is 1.50 bits per heavy atom. The summed E-state index contributed by atoms with van der Waals surface area (Å²) in [7, 11) is 0. The Bertz CT molecular complexity index is 1920. The highest BCUT2D eigenvalue weighted by Crippen LogP contribution is 2.13. The quantitative estimate of drug-likeness (QED) is 0.193. The summed E-state index contributed by atoms with van der Waals surface area (Å²) < 4.78 is 345. The molecule has 0 rings (SSSR count). The number of hydrogen-bond acceptors (Lipinski definition) is 1. The standard InChI is InChI=1S/C24H46O2/c1-2-3-4-5-6-7-8-9-10-11-12-13-14-15-16-17-18-19-20-21-22-23-24(25)26/h9-10H,2-8,11-23H2,1H3,(H,25,26)/b10-9-/i1D3,2D2,3D2,4D2,5D2,6D2,7D2,8D2,11D2,12D2,13D2,14D2,15D2,16D2,17D2,18D2,19D2,20D2,21D2,22D2,23D2. The van der Waals surface area contributed by atoms with Gasteiger partial charge in [-0.15, -0.1) is 0 Å². The molecule has 0 amide bonds. The number of hydrogen-bond donors (Lipinski definition) is 1. The summed E-state index contributed by atoms with van der Waals surface area (Å²) in [6.07, 6.45) is -98.8. The van der Waals surface area contributed by atoms with Crippen molar-refractivity contribution in [3.05, 3.63) is 12.2 Å². The first-order valence-electron chi connectivity index (χ1n) is 27.8. The van der Waals surface area contributed by atoms with Gasteiger partial charge >= 0.3 is 5.97 Å². The highest BCUT2D eigenvalue weighted by molar-refractivity contribution is 5.66. The molecule has 0 unspecified atom stereocenters. The fraction of sp³-hybridized carbons (Fsp3) is 0.875. The van der Waals surface area contributed by atoms with Crippen LogP contribution in [0.1, 0.15) is 193 Å². The van der Waals surface area contributed by atoms with E-state index in [1.54, 1.807) is 0 Å². The summed E-state index contributed by atoms with van der Waals surface area (Å²) in [5.41, 5.74) is 0. The van der Waals surface area contributed by atoms with Crippen LogP contribution in [0.25, 0.3) is 0 Å². The van der Waals surface area contributed by atoms with E-state index in [4.69, 9.17) is 64.0 Å². The smallest absolute Gasteiger partial charge is 0.303 e. The maximum atomic E-state index is 11.4. The molecule has 0 heterocycles. The average molecular weight is 410 g/mol. The molecule has 0 atom stereocenters. The molecule has 0 fully saturated rings. The summed E-state index contributed by atoms with van der Waals surface area (Å²) in [6.45, 7) is -4.12. The third kappa shape index (κ3) is 23.2. The molecular formula is C24H46O2. The van der Waals surface area contributed by atoms with Crippen molar-refractivity contribution in [2.24, 2.45) is 0 Å². The van der Waals surface area contributed by atoms with E-state index in [9.17, 15) is 4.79 Å². The predicted molar refractivity (Wildman–Crippen MR) is 115 cm³/mol. The zero-order valence-electron chi connectivity index (χ0n) is 56.0. The van der Waals surface area contributed by atoms with Gasteiger partial charge in [0, 0.05) is 65.3 Å². The van der Waals surface area contributed by atoms with E-state index in [0.29, 0.717) is 0 Å². The Kier molecular flexibility index (Phi) is 2.80. The molecule has 0 radical (unpaired) electrons. The van der Waals surface area contributed by atoms with Gasteiger partial charge in [0.2, 0.25) is 0 Å². The SMILES string of the molecule is [2H]C([2H])([2H])C([2H])([2H])C([2H])([2H])C([2H])([2H])C([2H])([2H])C([2H])([2H])C([2H])([2H])C([2H])([2H])/C=C\C([2H])([2H])C([2H])([2H])C([2H])([2H])C([2H])([2H])C([2H])([2H])C([2H])([2H])C([2H])([2H])C([2H])([2H])C([2H])([2H])C([2H])([2H])C([2H])([2H])C([2H])([2H])C([2H])([2H])C(=O)O. The van der Waals surface area contributed by atoms with Crippen molar-refractivity contribution in [3.63, 3.8) is 0 Å². The number of allylic oxidation sites excluding steroid dienone is 2. The molecule has 0 saturated carbocycles. The van der Waals surface area contributed by atoms with E-state index < -0.39 is 152 Å². The molecule has 2 nitrogen and oxygen atoms in total. The second kappa shape index (κ2) is 22.3. The van der Waals surface area contributed by atoms with Crippen LogP contribution in [0.4, 0.5) is 0 Å². The van der Waals surface area contributed by atoms with Gasteiger partial charge in [-0.2, -0.15) is 0 Å². The third-order valence-corrected chi connectivity index (χ3v) is 1.50. The molecule has 0 aromatic rings. The Hall–Kier alpha value is -0.790. The molecule has 0 aliphatic rings. The summed E-state index contributed by atoms with van der Waals surface area (Å²) in [5, 5.41) is 9.14. The zero-order chi connectivity index (χ0) is 57.5. The molecule has 0 aliphatic carbocycles. The normalized spacial score (nSPS) is 47.5. The van der Waals surface area contributed by atoms with Crippen LogP contribution < -0.4 is 0 Å². The van der Waals surface area contributed by atoms with E-state index in [-0.39, 0.29) is 0 Å². The van der Waals surface area contributed by atoms with E-state index in [0.717, 1.165) is 0 Å². The van der Waals surface area contributed by atoms with Gasteiger partial charge in [-0.25, -0.2) is 0 Å². The molecule has 0 saturated heterocycles. The molecule has 26 heavy (non-hydrogen) atoms. The van der Waals surface area contributed by atoms with Crippen molar-refractivity contribution >= 4 is 5.97 Å². The lowest BCUT2D eigenvalue weighted by Crippen LogP contribution is -1.93. The Morgan fingerprint density at radius 1 is 0.692 bits per heavy atom. The minimum atomic E-state index is -5.27. The van der Waals surface area contributed by atoms with Gasteiger partial charge in [-0.3, -0.25) is 4.79 Å². The number of rotatable bonds is 21. The molecule has 0 aromatic heterocycles. The molecule has 0 aromatic carbocycles. The van der Waals surface area contributed by atoms with Crippen LogP contribution in [0.5, 0.6) is 0 Å².